The van der Waals surface area contributed by atoms with Gasteiger partial charge in [0.25, 0.3) is 0 Å². The number of halogens is 1. The van der Waals surface area contributed by atoms with Crippen molar-refractivity contribution in [1.82, 2.24) is 9.78 Å². The minimum Gasteiger partial charge on any atom is -0.462 e. The molecule has 1 N–H and O–H groups in total. The van der Waals surface area contributed by atoms with Crippen molar-refractivity contribution in [3.05, 3.63) is 33.4 Å². The second-order valence-electron chi connectivity index (χ2n) is 4.94. The van der Waals surface area contributed by atoms with Crippen LogP contribution in [0.15, 0.2) is 12.4 Å². The van der Waals surface area contributed by atoms with Crippen molar-refractivity contribution in [3.8, 4) is 0 Å². The van der Waals surface area contributed by atoms with Crippen molar-refractivity contribution < 1.29 is 19.1 Å². The van der Waals surface area contributed by atoms with Crippen LogP contribution < -0.4 is 5.32 Å². The van der Waals surface area contributed by atoms with Gasteiger partial charge < -0.3 is 10.1 Å². The molecule has 0 bridgehead atoms. The Morgan fingerprint density at radius 1 is 1.42 bits per heavy atom. The van der Waals surface area contributed by atoms with Gasteiger partial charge in [0.05, 0.1) is 28.3 Å². The normalized spacial score (nSPS) is 10.5. The van der Waals surface area contributed by atoms with Gasteiger partial charge in [-0.15, -0.1) is 11.3 Å². The molecule has 0 aliphatic heterocycles. The van der Waals surface area contributed by atoms with Crippen molar-refractivity contribution in [2.75, 3.05) is 11.9 Å². The van der Waals surface area contributed by atoms with E-state index in [1.54, 1.807) is 13.8 Å². The van der Waals surface area contributed by atoms with Crippen LogP contribution in [0.4, 0.5) is 5.00 Å². The third-order valence-corrected chi connectivity index (χ3v) is 4.61. The maximum absolute atomic E-state index is 12.2. The first kappa shape index (κ1) is 18.2. The van der Waals surface area contributed by atoms with Gasteiger partial charge in [0.1, 0.15) is 11.5 Å². The Morgan fingerprint density at radius 3 is 2.67 bits per heavy atom. The Hall–Kier alpha value is -2.19. The first-order valence-electron chi connectivity index (χ1n) is 7.12. The fourth-order valence-corrected chi connectivity index (χ4v) is 3.39. The van der Waals surface area contributed by atoms with Crippen molar-refractivity contribution in [2.45, 2.75) is 27.3 Å². The van der Waals surface area contributed by atoms with Crippen LogP contribution in [0.2, 0.25) is 5.02 Å². The standard InChI is InChI=1S/C15H16ClN3O4S/c1-4-23-15(22)12-8(2)13(9(3)20)24-14(12)18-11(21)7-19-6-10(16)5-17-19/h5-6H,4,7H2,1-3H3,(H,18,21). The first-order chi connectivity index (χ1) is 11.3. The second-order valence-corrected chi connectivity index (χ2v) is 6.40. The number of nitrogens with zero attached hydrogens (tertiary/aromatic N) is 2. The van der Waals surface area contributed by atoms with E-state index in [4.69, 9.17) is 16.3 Å². The van der Waals surface area contributed by atoms with Crippen LogP contribution in [0.1, 0.15) is 39.4 Å². The molecule has 1 amide bonds. The highest BCUT2D eigenvalue weighted by molar-refractivity contribution is 7.18. The van der Waals surface area contributed by atoms with Crippen molar-refractivity contribution >= 4 is 45.6 Å². The highest BCUT2D eigenvalue weighted by Gasteiger charge is 2.25. The number of Topliss-reactive ketones (excluding diaryl/α,β-unsaturated/α-hetero) is 1. The van der Waals surface area contributed by atoms with Gasteiger partial charge >= 0.3 is 5.97 Å². The number of anilines is 1. The summed E-state index contributed by atoms with van der Waals surface area (Å²) in [5, 5.41) is 7.27. The topological polar surface area (TPSA) is 90.3 Å². The van der Waals surface area contributed by atoms with E-state index in [-0.39, 0.29) is 24.5 Å². The number of thiophene rings is 1. The van der Waals surface area contributed by atoms with E-state index in [1.165, 1.54) is 24.0 Å². The molecule has 0 radical (unpaired) electrons. The molecule has 2 aromatic rings. The monoisotopic (exact) mass is 369 g/mol. The lowest BCUT2D eigenvalue weighted by atomic mass is 10.1. The summed E-state index contributed by atoms with van der Waals surface area (Å²) in [5.41, 5.74) is 0.710. The maximum atomic E-state index is 12.2. The third kappa shape index (κ3) is 4.01. The number of esters is 1. The van der Waals surface area contributed by atoms with Gasteiger partial charge in [-0.1, -0.05) is 11.6 Å². The number of hydrogen-bond acceptors (Lipinski definition) is 6. The number of hydrogen-bond donors (Lipinski definition) is 1. The lowest BCUT2D eigenvalue weighted by molar-refractivity contribution is -0.116. The van der Waals surface area contributed by atoms with E-state index in [1.807, 2.05) is 0 Å². The van der Waals surface area contributed by atoms with Gasteiger partial charge in [0, 0.05) is 6.20 Å². The molecule has 0 atom stereocenters. The Balaban J connectivity index is 2.27. The van der Waals surface area contributed by atoms with Crippen molar-refractivity contribution in [2.24, 2.45) is 0 Å². The van der Waals surface area contributed by atoms with Crippen LogP contribution in [-0.4, -0.2) is 34.0 Å². The zero-order chi connectivity index (χ0) is 17.9. The van der Waals surface area contributed by atoms with Crippen molar-refractivity contribution in [3.63, 3.8) is 0 Å². The second kappa shape index (κ2) is 7.59. The number of ether oxygens (including phenoxy) is 1. The van der Waals surface area contributed by atoms with E-state index in [0.29, 0.717) is 20.5 Å². The minimum atomic E-state index is -0.573. The largest absolute Gasteiger partial charge is 0.462 e. The molecular weight excluding hydrogens is 354 g/mol. The molecule has 9 heteroatoms. The minimum absolute atomic E-state index is 0.0681. The van der Waals surface area contributed by atoms with Gasteiger partial charge in [0.2, 0.25) is 5.91 Å². The quantitative estimate of drug-likeness (QED) is 0.624. The summed E-state index contributed by atoms with van der Waals surface area (Å²) in [7, 11) is 0. The molecule has 0 spiro atoms. The van der Waals surface area contributed by atoms with E-state index in [0.717, 1.165) is 11.3 Å². The molecule has 0 fully saturated rings. The predicted octanol–water partition coefficient (Wildman–Crippen LogP) is 2.92. The van der Waals surface area contributed by atoms with Crippen LogP contribution in [-0.2, 0) is 16.1 Å². The third-order valence-electron chi connectivity index (χ3n) is 3.11. The molecule has 24 heavy (non-hydrogen) atoms. The molecule has 2 aromatic heterocycles. The number of carbonyl (C=O) groups excluding carboxylic acids is 3. The van der Waals surface area contributed by atoms with E-state index >= 15 is 0 Å². The predicted molar refractivity (Wildman–Crippen MR) is 90.9 cm³/mol. The Kier molecular flexibility index (Phi) is 5.74. The number of carbonyl (C=O) groups is 3. The first-order valence-corrected chi connectivity index (χ1v) is 8.32. The summed E-state index contributed by atoms with van der Waals surface area (Å²) in [6.45, 7) is 4.88. The number of amides is 1. The zero-order valence-electron chi connectivity index (χ0n) is 13.4. The van der Waals surface area contributed by atoms with Crippen molar-refractivity contribution in [1.29, 1.82) is 0 Å². The lowest BCUT2D eigenvalue weighted by Gasteiger charge is -2.07. The van der Waals surface area contributed by atoms with E-state index in [9.17, 15) is 14.4 Å². The molecular formula is C15H16ClN3O4S. The molecule has 128 valence electrons. The SMILES string of the molecule is CCOC(=O)c1c(NC(=O)Cn2cc(Cl)cn2)sc(C(C)=O)c1C. The molecule has 2 rings (SSSR count). The van der Waals surface area contributed by atoms with E-state index < -0.39 is 11.9 Å². The molecule has 0 aromatic carbocycles. The van der Waals surface area contributed by atoms with Gasteiger partial charge in [-0.05, 0) is 26.3 Å². The molecule has 0 unspecified atom stereocenters. The Morgan fingerprint density at radius 2 is 2.12 bits per heavy atom. The Bertz CT molecular complexity index is 797. The van der Waals surface area contributed by atoms with Gasteiger partial charge in [-0.25, -0.2) is 4.79 Å². The zero-order valence-corrected chi connectivity index (χ0v) is 15.0. The summed E-state index contributed by atoms with van der Waals surface area (Å²) in [6.07, 6.45) is 2.93. The number of aromatic nitrogens is 2. The van der Waals surface area contributed by atoms with Gasteiger partial charge in [-0.2, -0.15) is 5.10 Å². The molecule has 0 saturated carbocycles. The summed E-state index contributed by atoms with van der Waals surface area (Å²) >= 11 is 6.81. The average molecular weight is 370 g/mol. The smallest absolute Gasteiger partial charge is 0.341 e. The summed E-state index contributed by atoms with van der Waals surface area (Å²) in [5.74, 6) is -1.14. The average Bonchev–Trinajstić information content (AvgIpc) is 3.02. The number of ketones is 1. The number of rotatable bonds is 6. The molecule has 0 aliphatic carbocycles. The van der Waals surface area contributed by atoms with Crippen LogP contribution in [0.5, 0.6) is 0 Å². The lowest BCUT2D eigenvalue weighted by Crippen LogP contribution is -2.20. The van der Waals surface area contributed by atoms with Crippen LogP contribution in [0.3, 0.4) is 0 Å². The van der Waals surface area contributed by atoms with Crippen LogP contribution >= 0.6 is 22.9 Å². The summed E-state index contributed by atoms with van der Waals surface area (Å²) < 4.78 is 6.38. The number of nitrogens with one attached hydrogen (secondary N) is 1. The summed E-state index contributed by atoms with van der Waals surface area (Å²) in [4.78, 5) is 36.4. The summed E-state index contributed by atoms with van der Waals surface area (Å²) in [6, 6.07) is 0. The molecule has 0 saturated heterocycles. The molecule has 0 aliphatic rings. The maximum Gasteiger partial charge on any atom is 0.341 e. The van der Waals surface area contributed by atoms with Crippen LogP contribution in [0.25, 0.3) is 0 Å². The van der Waals surface area contributed by atoms with Gasteiger partial charge in [-0.3, -0.25) is 14.3 Å². The highest BCUT2D eigenvalue weighted by Crippen LogP contribution is 2.34. The molecule has 2 heterocycles. The fourth-order valence-electron chi connectivity index (χ4n) is 2.12. The fraction of sp³-hybridized carbons (Fsp3) is 0.333. The van der Waals surface area contributed by atoms with Gasteiger partial charge in [0.15, 0.2) is 5.78 Å². The Labute approximate surface area is 147 Å². The highest BCUT2D eigenvalue weighted by atomic mass is 35.5. The molecule has 7 nitrogen and oxygen atoms in total. The van der Waals surface area contributed by atoms with Crippen LogP contribution in [0, 0.1) is 6.92 Å². The van der Waals surface area contributed by atoms with E-state index in [2.05, 4.69) is 10.4 Å².